The highest BCUT2D eigenvalue weighted by Crippen LogP contribution is 2.22. The molecule has 1 amide bonds. The summed E-state index contributed by atoms with van der Waals surface area (Å²) in [6.07, 6.45) is 3.15. The second kappa shape index (κ2) is 8.19. The van der Waals surface area contributed by atoms with Gasteiger partial charge in [0.2, 0.25) is 11.7 Å². The number of fused-ring (bicyclic) bond motifs is 1. The maximum Gasteiger partial charge on any atom is 0.267 e. The zero-order valence-corrected chi connectivity index (χ0v) is 16.7. The van der Waals surface area contributed by atoms with E-state index in [0.717, 1.165) is 10.2 Å². The number of anilines is 1. The minimum absolute atomic E-state index is 0.163. The Bertz CT molecular complexity index is 1460. The summed E-state index contributed by atoms with van der Waals surface area (Å²) in [4.78, 5) is 28.2. The summed E-state index contributed by atoms with van der Waals surface area (Å²) in [5.74, 6) is 0.207. The molecule has 5 rings (SSSR count). The molecule has 0 saturated carbocycles. The van der Waals surface area contributed by atoms with E-state index in [9.17, 15) is 9.59 Å². The van der Waals surface area contributed by atoms with Crippen LogP contribution in [0.15, 0.2) is 83.9 Å². The molecule has 0 aliphatic rings. The van der Waals surface area contributed by atoms with E-state index in [1.807, 2.05) is 42.5 Å². The second-order valence-electron chi connectivity index (χ2n) is 6.87. The fraction of sp³-hybridized carbons (Fsp3) is 0.0455. The Morgan fingerprint density at radius 3 is 2.53 bits per heavy atom. The van der Waals surface area contributed by atoms with Crippen LogP contribution >= 0.6 is 0 Å². The standard InChI is InChI=1S/C22H16N8O2/c31-20(14-29-21(32)5-3-13-24-29)25-16-8-6-15(7-9-16)17-10-11-19-26-27-22(30(19)28-17)18-4-1-2-12-23-18/h1-13H,14H2,(H,25,31). The third kappa shape index (κ3) is 3.84. The van der Waals surface area contributed by atoms with Crippen LogP contribution in [0.25, 0.3) is 28.4 Å². The number of hydrogen-bond acceptors (Lipinski definition) is 7. The van der Waals surface area contributed by atoms with Crippen LogP contribution in [0.5, 0.6) is 0 Å². The summed E-state index contributed by atoms with van der Waals surface area (Å²) in [5, 5.41) is 19.6. The summed E-state index contributed by atoms with van der Waals surface area (Å²) in [7, 11) is 0. The average molecular weight is 424 g/mol. The average Bonchev–Trinajstić information content (AvgIpc) is 3.25. The Labute approximate surface area is 181 Å². The number of hydrogen-bond donors (Lipinski definition) is 1. The van der Waals surface area contributed by atoms with Gasteiger partial charge in [0.1, 0.15) is 12.2 Å². The number of carbonyl (C=O) groups is 1. The quantitative estimate of drug-likeness (QED) is 0.458. The van der Waals surface area contributed by atoms with Gasteiger partial charge in [-0.2, -0.15) is 14.7 Å². The smallest absolute Gasteiger partial charge is 0.267 e. The first-order valence-electron chi connectivity index (χ1n) is 9.74. The molecular weight excluding hydrogens is 408 g/mol. The van der Waals surface area contributed by atoms with Crippen LogP contribution in [0.4, 0.5) is 5.69 Å². The Balaban J connectivity index is 1.36. The second-order valence-corrected chi connectivity index (χ2v) is 6.87. The third-order valence-corrected chi connectivity index (χ3v) is 4.70. The van der Waals surface area contributed by atoms with E-state index in [-0.39, 0.29) is 18.0 Å². The molecule has 0 aliphatic heterocycles. The Morgan fingerprint density at radius 2 is 1.75 bits per heavy atom. The van der Waals surface area contributed by atoms with Crippen LogP contribution in [-0.2, 0) is 11.3 Å². The van der Waals surface area contributed by atoms with Gasteiger partial charge in [0.05, 0.1) is 5.69 Å². The van der Waals surface area contributed by atoms with Gasteiger partial charge in [-0.1, -0.05) is 18.2 Å². The van der Waals surface area contributed by atoms with Crippen LogP contribution in [0, 0.1) is 0 Å². The van der Waals surface area contributed by atoms with Gasteiger partial charge in [-0.3, -0.25) is 14.6 Å². The molecule has 156 valence electrons. The highest BCUT2D eigenvalue weighted by Gasteiger charge is 2.12. The summed E-state index contributed by atoms with van der Waals surface area (Å²) < 4.78 is 2.75. The van der Waals surface area contributed by atoms with E-state index in [4.69, 9.17) is 0 Å². The van der Waals surface area contributed by atoms with Gasteiger partial charge in [-0.05, 0) is 42.5 Å². The number of nitrogens with zero attached hydrogens (tertiary/aromatic N) is 7. The Morgan fingerprint density at radius 1 is 0.875 bits per heavy atom. The maximum atomic E-state index is 12.2. The summed E-state index contributed by atoms with van der Waals surface area (Å²) in [6, 6.07) is 19.4. The molecule has 0 spiro atoms. The van der Waals surface area contributed by atoms with Crippen molar-refractivity contribution in [3.8, 4) is 22.8 Å². The molecule has 0 saturated heterocycles. The molecule has 0 atom stereocenters. The molecule has 10 heteroatoms. The maximum absolute atomic E-state index is 12.2. The fourth-order valence-electron chi connectivity index (χ4n) is 3.16. The number of rotatable bonds is 5. The van der Waals surface area contributed by atoms with E-state index in [2.05, 4.69) is 30.7 Å². The molecule has 10 nitrogen and oxygen atoms in total. The lowest BCUT2D eigenvalue weighted by Gasteiger charge is -2.08. The van der Waals surface area contributed by atoms with E-state index in [1.165, 1.54) is 18.3 Å². The molecule has 5 aromatic rings. The van der Waals surface area contributed by atoms with E-state index >= 15 is 0 Å². The first kappa shape index (κ1) is 19.2. The van der Waals surface area contributed by atoms with Crippen molar-refractivity contribution >= 4 is 17.2 Å². The van der Waals surface area contributed by atoms with Crippen molar-refractivity contribution in [1.82, 2.24) is 34.6 Å². The van der Waals surface area contributed by atoms with Crippen molar-refractivity contribution in [2.45, 2.75) is 6.54 Å². The van der Waals surface area contributed by atoms with Crippen LogP contribution < -0.4 is 10.9 Å². The van der Waals surface area contributed by atoms with Crippen molar-refractivity contribution in [3.63, 3.8) is 0 Å². The van der Waals surface area contributed by atoms with Crippen LogP contribution in [-0.4, -0.2) is 40.5 Å². The first-order chi connectivity index (χ1) is 15.7. The lowest BCUT2D eigenvalue weighted by molar-refractivity contribution is -0.117. The minimum atomic E-state index is -0.345. The number of carbonyl (C=O) groups excluding carboxylic acids is 1. The largest absolute Gasteiger partial charge is 0.324 e. The van der Waals surface area contributed by atoms with Gasteiger partial charge in [-0.15, -0.1) is 10.2 Å². The molecule has 0 unspecified atom stereocenters. The molecule has 0 bridgehead atoms. The summed E-state index contributed by atoms with van der Waals surface area (Å²) in [5.41, 5.74) is 3.12. The number of pyridine rings is 1. The third-order valence-electron chi connectivity index (χ3n) is 4.70. The van der Waals surface area contributed by atoms with Crippen molar-refractivity contribution in [3.05, 3.63) is 89.5 Å². The molecule has 0 radical (unpaired) electrons. The molecule has 1 N–H and O–H groups in total. The lowest BCUT2D eigenvalue weighted by atomic mass is 10.1. The van der Waals surface area contributed by atoms with Crippen molar-refractivity contribution in [2.24, 2.45) is 0 Å². The predicted molar refractivity (Wildman–Crippen MR) is 117 cm³/mol. The monoisotopic (exact) mass is 424 g/mol. The molecule has 0 aliphatic carbocycles. The molecule has 1 aromatic carbocycles. The zero-order chi connectivity index (χ0) is 21.9. The number of aromatic nitrogens is 7. The Kier molecular flexibility index (Phi) is 4.92. The van der Waals surface area contributed by atoms with Crippen LogP contribution in [0.2, 0.25) is 0 Å². The van der Waals surface area contributed by atoms with Crippen molar-refractivity contribution in [1.29, 1.82) is 0 Å². The first-order valence-corrected chi connectivity index (χ1v) is 9.74. The number of nitrogens with one attached hydrogen (secondary N) is 1. The lowest BCUT2D eigenvalue weighted by Crippen LogP contribution is -2.28. The summed E-state index contributed by atoms with van der Waals surface area (Å²) in [6.45, 7) is -0.163. The zero-order valence-electron chi connectivity index (χ0n) is 16.7. The highest BCUT2D eigenvalue weighted by molar-refractivity contribution is 5.90. The Hall–Kier alpha value is -4.73. The molecular formula is C22H16N8O2. The van der Waals surface area contributed by atoms with E-state index in [1.54, 1.807) is 22.8 Å². The van der Waals surface area contributed by atoms with Gasteiger partial charge < -0.3 is 5.32 Å². The van der Waals surface area contributed by atoms with Gasteiger partial charge in [0.25, 0.3) is 5.56 Å². The van der Waals surface area contributed by atoms with Crippen molar-refractivity contribution in [2.75, 3.05) is 5.32 Å². The fourth-order valence-corrected chi connectivity index (χ4v) is 3.16. The SMILES string of the molecule is O=C(Cn1ncccc1=O)Nc1ccc(-c2ccc3nnc(-c4ccccn4)n3n2)cc1. The molecule has 0 fully saturated rings. The normalized spacial score (nSPS) is 10.9. The number of benzene rings is 1. The topological polar surface area (TPSA) is 120 Å². The van der Waals surface area contributed by atoms with Gasteiger partial charge in [-0.25, -0.2) is 4.68 Å². The van der Waals surface area contributed by atoms with Crippen LogP contribution in [0.3, 0.4) is 0 Å². The minimum Gasteiger partial charge on any atom is -0.324 e. The molecule has 4 aromatic heterocycles. The highest BCUT2D eigenvalue weighted by atomic mass is 16.2. The molecule has 4 heterocycles. The van der Waals surface area contributed by atoms with E-state index in [0.29, 0.717) is 28.5 Å². The van der Waals surface area contributed by atoms with Gasteiger partial charge in [0, 0.05) is 29.7 Å². The van der Waals surface area contributed by atoms with Crippen LogP contribution in [0.1, 0.15) is 0 Å². The van der Waals surface area contributed by atoms with E-state index < -0.39 is 0 Å². The molecule has 32 heavy (non-hydrogen) atoms. The predicted octanol–water partition coefficient (Wildman–Crippen LogP) is 2.05. The van der Waals surface area contributed by atoms with Gasteiger partial charge in [0.15, 0.2) is 5.65 Å². The summed E-state index contributed by atoms with van der Waals surface area (Å²) >= 11 is 0. The van der Waals surface area contributed by atoms with Crippen molar-refractivity contribution < 1.29 is 4.79 Å². The van der Waals surface area contributed by atoms with Gasteiger partial charge >= 0.3 is 0 Å². The number of amides is 1.